The minimum absolute atomic E-state index is 0.247. The van der Waals surface area contributed by atoms with Gasteiger partial charge in [-0.25, -0.2) is 0 Å². The lowest BCUT2D eigenvalue weighted by molar-refractivity contribution is -0.359. The molecule has 2 saturated heterocycles. The zero-order valence-corrected chi connectivity index (χ0v) is 66.3. The third kappa shape index (κ3) is 54.6. The number of nitrogens with one attached hydrogen (secondary N) is 1. The molecule has 14 heteroatoms. The summed E-state index contributed by atoms with van der Waals surface area (Å²) in [6.45, 7) is 2.82. The molecule has 1 amide bonds. The van der Waals surface area contributed by atoms with Gasteiger partial charge in [-0.1, -0.05) is 376 Å². The van der Waals surface area contributed by atoms with Crippen molar-refractivity contribution >= 4 is 5.91 Å². The molecule has 602 valence electrons. The molecule has 0 aliphatic carbocycles. The second kappa shape index (κ2) is 72.3. The summed E-state index contributed by atoms with van der Waals surface area (Å²) in [5.74, 6) is -0.247. The van der Waals surface area contributed by atoms with Gasteiger partial charge in [0.15, 0.2) is 12.6 Å². The van der Waals surface area contributed by atoms with E-state index < -0.39 is 86.8 Å². The first kappa shape index (κ1) is 96.5. The zero-order chi connectivity index (χ0) is 74.4. The number of carbonyl (C=O) groups is 1. The lowest BCUT2D eigenvalue weighted by Gasteiger charge is -2.46. The molecule has 103 heavy (non-hydrogen) atoms. The average molecular weight is 1460 g/mol. The summed E-state index contributed by atoms with van der Waals surface area (Å²) in [5, 5.41) is 87.7. The molecular formula is C89H163NO13. The summed E-state index contributed by atoms with van der Waals surface area (Å²) in [4.78, 5) is 13.4. The van der Waals surface area contributed by atoms with Crippen molar-refractivity contribution in [3.05, 3.63) is 72.9 Å². The van der Waals surface area contributed by atoms with Crippen molar-refractivity contribution in [3.63, 3.8) is 0 Å². The molecule has 0 aromatic rings. The van der Waals surface area contributed by atoms with E-state index in [1.807, 2.05) is 6.08 Å². The predicted molar refractivity (Wildman–Crippen MR) is 429 cm³/mol. The Kier molecular flexibility index (Phi) is 67.7. The Bertz CT molecular complexity index is 2010. The van der Waals surface area contributed by atoms with Gasteiger partial charge in [-0.05, 0) is 83.5 Å². The van der Waals surface area contributed by atoms with Gasteiger partial charge in [0.05, 0.1) is 32.0 Å². The number of aliphatic hydroxyl groups excluding tert-OH is 8. The van der Waals surface area contributed by atoms with Crippen molar-refractivity contribution in [2.75, 3.05) is 19.8 Å². The number of unbranched alkanes of at least 4 members (excludes halogenated alkanes) is 51. The van der Waals surface area contributed by atoms with Crippen molar-refractivity contribution in [1.29, 1.82) is 0 Å². The van der Waals surface area contributed by atoms with Crippen LogP contribution in [0.3, 0.4) is 0 Å². The van der Waals surface area contributed by atoms with E-state index >= 15 is 0 Å². The minimum atomic E-state index is -1.80. The van der Waals surface area contributed by atoms with Crippen molar-refractivity contribution in [2.24, 2.45) is 0 Å². The van der Waals surface area contributed by atoms with Crippen molar-refractivity contribution in [3.8, 4) is 0 Å². The van der Waals surface area contributed by atoms with Gasteiger partial charge < -0.3 is 65.1 Å². The monoisotopic (exact) mass is 1450 g/mol. The normalized spacial score (nSPS) is 21.9. The first-order valence-corrected chi connectivity index (χ1v) is 43.7. The predicted octanol–water partition coefficient (Wildman–Crippen LogP) is 20.9. The Morgan fingerprint density at radius 3 is 1.02 bits per heavy atom. The molecule has 9 N–H and O–H groups in total. The molecule has 0 spiro atoms. The van der Waals surface area contributed by atoms with Crippen LogP contribution in [0.2, 0.25) is 0 Å². The first-order valence-electron chi connectivity index (χ1n) is 43.7. The van der Waals surface area contributed by atoms with E-state index in [0.717, 1.165) is 57.8 Å². The second-order valence-electron chi connectivity index (χ2n) is 30.6. The van der Waals surface area contributed by atoms with E-state index in [9.17, 15) is 45.6 Å². The molecule has 2 aliphatic heterocycles. The van der Waals surface area contributed by atoms with Crippen LogP contribution in [0.5, 0.6) is 0 Å². The molecule has 2 fully saturated rings. The Morgan fingerprint density at radius 1 is 0.350 bits per heavy atom. The number of rotatable bonds is 74. The third-order valence-electron chi connectivity index (χ3n) is 21.1. The first-order chi connectivity index (χ1) is 50.6. The quantitative estimate of drug-likeness (QED) is 0.0204. The number of aliphatic hydroxyl groups is 8. The molecule has 12 atom stereocenters. The van der Waals surface area contributed by atoms with Crippen LogP contribution < -0.4 is 5.32 Å². The van der Waals surface area contributed by atoms with Crippen LogP contribution in [0.15, 0.2) is 72.9 Å². The van der Waals surface area contributed by atoms with E-state index in [1.54, 1.807) is 6.08 Å². The van der Waals surface area contributed by atoms with Crippen LogP contribution in [0.1, 0.15) is 393 Å². The fourth-order valence-corrected chi connectivity index (χ4v) is 14.2. The highest BCUT2D eigenvalue weighted by Crippen LogP contribution is 2.30. The Labute approximate surface area is 631 Å². The highest BCUT2D eigenvalue weighted by molar-refractivity contribution is 5.76. The Morgan fingerprint density at radius 2 is 0.650 bits per heavy atom. The molecule has 12 unspecified atom stereocenters. The summed E-state index contributed by atoms with van der Waals surface area (Å²) >= 11 is 0. The summed E-state index contributed by atoms with van der Waals surface area (Å²) in [5.41, 5.74) is 0. The van der Waals surface area contributed by atoms with E-state index in [-0.39, 0.29) is 18.9 Å². The van der Waals surface area contributed by atoms with Gasteiger partial charge >= 0.3 is 0 Å². The number of allylic oxidation sites excluding steroid dienone is 11. The van der Waals surface area contributed by atoms with Crippen molar-refractivity contribution in [1.82, 2.24) is 5.32 Å². The second-order valence-corrected chi connectivity index (χ2v) is 30.6. The molecule has 0 radical (unpaired) electrons. The van der Waals surface area contributed by atoms with Gasteiger partial charge in [0.2, 0.25) is 5.91 Å². The van der Waals surface area contributed by atoms with Gasteiger partial charge in [-0.15, -0.1) is 0 Å². The van der Waals surface area contributed by atoms with Crippen LogP contribution in [0.4, 0.5) is 0 Å². The Hall–Kier alpha value is -2.57. The molecule has 14 nitrogen and oxygen atoms in total. The highest BCUT2D eigenvalue weighted by Gasteiger charge is 2.51. The number of carbonyl (C=O) groups excluding carboxylic acids is 1. The number of hydrogen-bond donors (Lipinski definition) is 9. The summed E-state index contributed by atoms with van der Waals surface area (Å²) in [6, 6.07) is -0.941. The highest BCUT2D eigenvalue weighted by atomic mass is 16.7. The molecule has 0 bridgehead atoms. The van der Waals surface area contributed by atoms with E-state index in [2.05, 4.69) is 79.9 Å². The van der Waals surface area contributed by atoms with Gasteiger partial charge in [0.1, 0.15) is 48.8 Å². The fraction of sp³-hybridized carbons (Fsp3) is 0.854. The van der Waals surface area contributed by atoms with Crippen LogP contribution in [-0.4, -0.2) is 140 Å². The largest absolute Gasteiger partial charge is 0.394 e. The molecule has 2 rings (SSSR count). The third-order valence-corrected chi connectivity index (χ3v) is 21.1. The van der Waals surface area contributed by atoms with Crippen LogP contribution >= 0.6 is 0 Å². The molecule has 2 aliphatic rings. The maximum absolute atomic E-state index is 13.4. The minimum Gasteiger partial charge on any atom is -0.394 e. The number of hydrogen-bond acceptors (Lipinski definition) is 13. The van der Waals surface area contributed by atoms with E-state index in [1.165, 1.54) is 302 Å². The average Bonchev–Trinajstić information content (AvgIpc) is 0.791. The summed E-state index contributed by atoms with van der Waals surface area (Å²) in [6.07, 6.45) is 84.5. The molecule has 0 saturated carbocycles. The van der Waals surface area contributed by atoms with Crippen molar-refractivity contribution < 1.29 is 64.6 Å². The van der Waals surface area contributed by atoms with Crippen LogP contribution in [0, 0.1) is 0 Å². The van der Waals surface area contributed by atoms with E-state index in [0.29, 0.717) is 12.8 Å². The lowest BCUT2D eigenvalue weighted by Crippen LogP contribution is -2.65. The molecular weight excluding hydrogens is 1290 g/mol. The summed E-state index contributed by atoms with van der Waals surface area (Å²) in [7, 11) is 0. The lowest BCUT2D eigenvalue weighted by atomic mass is 9.97. The smallest absolute Gasteiger partial charge is 0.220 e. The van der Waals surface area contributed by atoms with Crippen LogP contribution in [0.25, 0.3) is 0 Å². The van der Waals surface area contributed by atoms with Gasteiger partial charge in [-0.2, -0.15) is 0 Å². The SMILES string of the molecule is CCCCCCC/C=C\C/C=C\C/C=C\CCCCCCCCCCCCCCCCCCCCCCCCCCCCC(=O)NC(COC1OC(CO)C(OC2OC(CO)C(O)C(O)C2O)C(O)C1O)C(O)/C=C/CC/C=C/CC/C=C/CCCCCCCCCCCCCCCCCCCC. The van der Waals surface area contributed by atoms with Gasteiger partial charge in [0.25, 0.3) is 0 Å². The zero-order valence-electron chi connectivity index (χ0n) is 66.3. The molecule has 0 aromatic heterocycles. The molecule has 0 aromatic carbocycles. The van der Waals surface area contributed by atoms with Crippen LogP contribution in [-0.2, 0) is 23.7 Å². The van der Waals surface area contributed by atoms with Gasteiger partial charge in [0, 0.05) is 6.42 Å². The fourth-order valence-electron chi connectivity index (χ4n) is 14.2. The van der Waals surface area contributed by atoms with Gasteiger partial charge in [-0.3, -0.25) is 4.79 Å². The summed E-state index contributed by atoms with van der Waals surface area (Å²) < 4.78 is 22.9. The van der Waals surface area contributed by atoms with Crippen molar-refractivity contribution in [2.45, 2.75) is 466 Å². The van der Waals surface area contributed by atoms with E-state index in [4.69, 9.17) is 18.9 Å². The maximum Gasteiger partial charge on any atom is 0.220 e. The topological polar surface area (TPSA) is 228 Å². The maximum atomic E-state index is 13.4. The number of amides is 1. The number of ether oxygens (including phenoxy) is 4. The standard InChI is InChI=1S/C89H163NO13/c1-3-5-7-9-11-13-15-17-19-21-23-25-27-29-31-33-34-35-36-37-38-39-40-41-42-43-44-45-47-49-51-53-55-57-59-61-63-65-67-69-71-73-81(94)90-77(76-100-88-86(99)84(97)87(80(75-92)102-88)103-89-85(98)83(96)82(95)79(74-91)101-89)78(93)72-70-68-66-64-62-60-58-56-54-52-50-48-46-32-30-28-26-24-22-20-18-16-14-12-10-8-6-4-2/h15,17,21,23,27,29,54,56,62,64,70,72,77-80,82-89,91-93,95-99H,3-14,16,18-20,22,24-26,28,30-53,55,57-61,63,65-69,71,73-76H2,1-2H3,(H,90,94)/b17-15-,23-21-,29-27-,56-54+,64-62+,72-70+. The molecule has 2 heterocycles. The Balaban J connectivity index is 1.57.